The molecule has 2 aromatic carbocycles. The lowest BCUT2D eigenvalue weighted by atomic mass is 10.2. The van der Waals surface area contributed by atoms with Gasteiger partial charge < -0.3 is 25.4 Å². The van der Waals surface area contributed by atoms with Gasteiger partial charge in [-0.3, -0.25) is 0 Å². The minimum Gasteiger partial charge on any atom is -0.495 e. The number of nitrogens with zero attached hydrogens (tertiary/aromatic N) is 3. The number of nitrogens with two attached hydrogens (primary N) is 1. The molecule has 0 aliphatic heterocycles. The number of nitrogens with one attached hydrogen (secondary N) is 1. The van der Waals surface area contributed by atoms with Crippen LogP contribution in [0.5, 0.6) is 11.5 Å². The minimum absolute atomic E-state index is 0.426. The van der Waals surface area contributed by atoms with E-state index >= 15 is 0 Å². The van der Waals surface area contributed by atoms with Crippen molar-refractivity contribution in [2.45, 2.75) is 6.54 Å². The third-order valence-electron chi connectivity index (χ3n) is 4.21. The molecule has 0 spiro atoms. The standard InChI is InChI=1S/C20H22ClN5O2/c1-26(11-13-7-5-4-6-8-13)20-18(22)19(23-12-24-20)25-15-9-14(21)16(27-2)10-17(15)28-3/h4-10,12H,11,22H2,1-3H3,(H,23,24,25). The van der Waals surface area contributed by atoms with Gasteiger partial charge in [-0.1, -0.05) is 41.9 Å². The molecule has 7 nitrogen and oxygen atoms in total. The van der Waals surface area contributed by atoms with Gasteiger partial charge in [0.15, 0.2) is 11.6 Å². The lowest BCUT2D eigenvalue weighted by Gasteiger charge is -2.21. The fourth-order valence-corrected chi connectivity index (χ4v) is 3.05. The summed E-state index contributed by atoms with van der Waals surface area (Å²) in [5.41, 5.74) is 8.54. The Bertz CT molecular complexity index is 953. The van der Waals surface area contributed by atoms with Gasteiger partial charge in [-0.25, -0.2) is 9.97 Å². The van der Waals surface area contributed by atoms with Gasteiger partial charge in [0.25, 0.3) is 0 Å². The maximum Gasteiger partial charge on any atom is 0.159 e. The Morgan fingerprint density at radius 3 is 2.46 bits per heavy atom. The summed E-state index contributed by atoms with van der Waals surface area (Å²) in [4.78, 5) is 10.6. The van der Waals surface area contributed by atoms with E-state index in [2.05, 4.69) is 27.4 Å². The van der Waals surface area contributed by atoms with Crippen molar-refractivity contribution in [2.75, 3.05) is 37.2 Å². The summed E-state index contributed by atoms with van der Waals surface area (Å²) >= 11 is 6.24. The van der Waals surface area contributed by atoms with Gasteiger partial charge in [0.2, 0.25) is 0 Å². The topological polar surface area (TPSA) is 85.5 Å². The number of anilines is 4. The molecule has 0 unspecified atom stereocenters. The summed E-state index contributed by atoms with van der Waals surface area (Å²) in [6.07, 6.45) is 1.47. The molecule has 0 radical (unpaired) electrons. The van der Waals surface area contributed by atoms with Crippen LogP contribution in [0.1, 0.15) is 5.56 Å². The zero-order chi connectivity index (χ0) is 20.1. The van der Waals surface area contributed by atoms with Crippen LogP contribution in [0.25, 0.3) is 0 Å². The van der Waals surface area contributed by atoms with Gasteiger partial charge in [-0.05, 0) is 11.6 Å². The van der Waals surface area contributed by atoms with Gasteiger partial charge in [0.1, 0.15) is 23.5 Å². The van der Waals surface area contributed by atoms with Crippen LogP contribution in [0, 0.1) is 0 Å². The van der Waals surface area contributed by atoms with Crippen molar-refractivity contribution >= 4 is 34.6 Å². The van der Waals surface area contributed by atoms with E-state index in [1.165, 1.54) is 6.33 Å². The molecule has 0 fully saturated rings. The molecule has 0 saturated carbocycles. The first-order valence-electron chi connectivity index (χ1n) is 8.57. The van der Waals surface area contributed by atoms with Gasteiger partial charge >= 0.3 is 0 Å². The molecule has 0 amide bonds. The summed E-state index contributed by atoms with van der Waals surface area (Å²) in [5, 5.41) is 3.62. The SMILES string of the molecule is COc1cc(OC)c(Nc2ncnc(N(C)Cc3ccccc3)c2N)cc1Cl. The maximum absolute atomic E-state index is 6.34. The highest BCUT2D eigenvalue weighted by atomic mass is 35.5. The van der Waals surface area contributed by atoms with E-state index in [4.69, 9.17) is 26.8 Å². The number of rotatable bonds is 7. The quantitative estimate of drug-likeness (QED) is 0.618. The molecule has 3 N–H and O–H groups in total. The van der Waals surface area contributed by atoms with Gasteiger partial charge in [-0.2, -0.15) is 0 Å². The molecular formula is C20H22ClN5O2. The first-order valence-corrected chi connectivity index (χ1v) is 8.95. The maximum atomic E-state index is 6.34. The first kappa shape index (κ1) is 19.6. The molecule has 8 heteroatoms. The smallest absolute Gasteiger partial charge is 0.159 e. The summed E-state index contributed by atoms with van der Waals surface area (Å²) < 4.78 is 10.6. The molecule has 28 heavy (non-hydrogen) atoms. The third kappa shape index (κ3) is 4.20. The van der Waals surface area contributed by atoms with Crippen molar-refractivity contribution < 1.29 is 9.47 Å². The number of hydrogen-bond acceptors (Lipinski definition) is 7. The molecule has 3 rings (SSSR count). The van der Waals surface area contributed by atoms with Crippen LogP contribution in [0.15, 0.2) is 48.8 Å². The Morgan fingerprint density at radius 2 is 1.79 bits per heavy atom. The Hall–Kier alpha value is -3.19. The molecule has 0 bridgehead atoms. The average molecular weight is 400 g/mol. The summed E-state index contributed by atoms with van der Waals surface area (Å²) in [7, 11) is 5.04. The van der Waals surface area contributed by atoms with E-state index in [1.807, 2.05) is 30.1 Å². The molecule has 0 aliphatic carbocycles. The predicted octanol–water partition coefficient (Wildman–Crippen LogP) is 4.11. The van der Waals surface area contributed by atoms with E-state index in [0.29, 0.717) is 46.1 Å². The van der Waals surface area contributed by atoms with Gasteiger partial charge in [0, 0.05) is 19.7 Å². The van der Waals surface area contributed by atoms with Gasteiger partial charge in [-0.15, -0.1) is 0 Å². The van der Waals surface area contributed by atoms with E-state index in [0.717, 1.165) is 5.56 Å². The Kier molecular flexibility index (Phi) is 6.06. The molecule has 0 saturated heterocycles. The normalized spacial score (nSPS) is 10.4. The van der Waals surface area contributed by atoms with Crippen molar-refractivity contribution in [3.63, 3.8) is 0 Å². The van der Waals surface area contributed by atoms with Crippen LogP contribution in [0.3, 0.4) is 0 Å². The second-order valence-corrected chi connectivity index (χ2v) is 6.52. The zero-order valence-electron chi connectivity index (χ0n) is 15.9. The summed E-state index contributed by atoms with van der Waals surface area (Å²) in [6, 6.07) is 13.5. The number of nitrogen functional groups attached to an aromatic ring is 1. The second kappa shape index (κ2) is 8.67. The van der Waals surface area contributed by atoms with Crippen LogP contribution in [-0.2, 0) is 6.54 Å². The fourth-order valence-electron chi connectivity index (χ4n) is 2.81. The third-order valence-corrected chi connectivity index (χ3v) is 4.51. The Labute approximate surface area is 169 Å². The van der Waals surface area contributed by atoms with Crippen molar-refractivity contribution in [3.05, 3.63) is 59.4 Å². The van der Waals surface area contributed by atoms with E-state index in [1.54, 1.807) is 26.4 Å². The van der Waals surface area contributed by atoms with E-state index < -0.39 is 0 Å². The van der Waals surface area contributed by atoms with Crippen molar-refractivity contribution in [1.29, 1.82) is 0 Å². The number of aromatic nitrogens is 2. The highest BCUT2D eigenvalue weighted by Gasteiger charge is 2.16. The minimum atomic E-state index is 0.426. The van der Waals surface area contributed by atoms with Crippen LogP contribution in [0.4, 0.5) is 23.0 Å². The number of hydrogen-bond donors (Lipinski definition) is 2. The summed E-state index contributed by atoms with van der Waals surface area (Å²) in [5.74, 6) is 2.16. The number of benzene rings is 2. The van der Waals surface area contributed by atoms with Crippen molar-refractivity contribution in [3.8, 4) is 11.5 Å². The van der Waals surface area contributed by atoms with E-state index in [9.17, 15) is 0 Å². The predicted molar refractivity (Wildman–Crippen MR) is 113 cm³/mol. The average Bonchev–Trinajstić information content (AvgIpc) is 2.70. The lowest BCUT2D eigenvalue weighted by molar-refractivity contribution is 0.396. The monoisotopic (exact) mass is 399 g/mol. The molecule has 146 valence electrons. The van der Waals surface area contributed by atoms with E-state index in [-0.39, 0.29) is 0 Å². The molecular weight excluding hydrogens is 378 g/mol. The Balaban J connectivity index is 1.88. The highest BCUT2D eigenvalue weighted by Crippen LogP contribution is 2.38. The van der Waals surface area contributed by atoms with Crippen LogP contribution in [0.2, 0.25) is 5.02 Å². The number of ether oxygens (including phenoxy) is 2. The zero-order valence-corrected chi connectivity index (χ0v) is 16.7. The Morgan fingerprint density at radius 1 is 1.07 bits per heavy atom. The second-order valence-electron chi connectivity index (χ2n) is 6.11. The van der Waals surface area contributed by atoms with Crippen molar-refractivity contribution in [2.24, 2.45) is 0 Å². The number of halogens is 1. The molecule has 3 aromatic rings. The first-order chi connectivity index (χ1) is 13.5. The largest absolute Gasteiger partial charge is 0.495 e. The van der Waals surface area contributed by atoms with Crippen LogP contribution >= 0.6 is 11.6 Å². The van der Waals surface area contributed by atoms with Gasteiger partial charge in [0.05, 0.1) is 24.9 Å². The molecule has 1 aromatic heterocycles. The van der Waals surface area contributed by atoms with Crippen LogP contribution < -0.4 is 25.4 Å². The molecule has 0 aliphatic rings. The molecule has 1 heterocycles. The lowest BCUT2D eigenvalue weighted by Crippen LogP contribution is -2.20. The summed E-state index contributed by atoms with van der Waals surface area (Å²) in [6.45, 7) is 0.666. The molecule has 0 atom stereocenters. The van der Waals surface area contributed by atoms with Crippen LogP contribution in [-0.4, -0.2) is 31.2 Å². The van der Waals surface area contributed by atoms with Crippen molar-refractivity contribution in [1.82, 2.24) is 9.97 Å². The number of methoxy groups -OCH3 is 2. The highest BCUT2D eigenvalue weighted by molar-refractivity contribution is 6.32. The fraction of sp³-hybridized carbons (Fsp3) is 0.200.